The minimum atomic E-state index is -0.606. The molecule has 1 N–H and O–H groups in total. The molecule has 0 radical (unpaired) electrons. The Bertz CT molecular complexity index is 116. The minimum absolute atomic E-state index is 0.606. The summed E-state index contributed by atoms with van der Waals surface area (Å²) in [6.07, 6.45) is 2.76. The van der Waals surface area contributed by atoms with E-state index in [-0.39, 0.29) is 0 Å². The summed E-state index contributed by atoms with van der Waals surface area (Å²) < 4.78 is 0. The molecule has 0 aromatic rings. The normalized spacial score (nSPS) is 13.5. The molecule has 0 saturated carbocycles. The Labute approximate surface area is 91.8 Å². The second-order valence-corrected chi connectivity index (χ2v) is 7.11. The monoisotopic (exact) mass is 216 g/mol. The first-order valence-corrected chi connectivity index (χ1v) is 8.45. The minimum Gasteiger partial charge on any atom is -0.328 e. The van der Waals surface area contributed by atoms with E-state index < -0.39 is 8.96 Å². The second-order valence-electron chi connectivity index (χ2n) is 3.91. The van der Waals surface area contributed by atoms with Crippen molar-refractivity contribution in [3.05, 3.63) is 0 Å². The molecule has 86 valence electrons. The van der Waals surface area contributed by atoms with Crippen molar-refractivity contribution in [3.8, 4) is 0 Å². The molecule has 0 heterocycles. The molecule has 0 fully saturated rings. The van der Waals surface area contributed by atoms with Crippen LogP contribution in [0.1, 0.15) is 40.5 Å². The Kier molecular flexibility index (Phi) is 9.78. The fourth-order valence-electron chi connectivity index (χ4n) is 1.61. The Hall–Kier alpha value is 0.137. The average molecular weight is 216 g/mol. The summed E-state index contributed by atoms with van der Waals surface area (Å²) in [5.41, 5.74) is 0. The van der Waals surface area contributed by atoms with Gasteiger partial charge in [-0.25, -0.2) is 0 Å². The fraction of sp³-hybridized carbons (Fsp3) is 1.00. The summed E-state index contributed by atoms with van der Waals surface area (Å²) in [7, 11) is -0.606. The molecule has 0 spiro atoms. The van der Waals surface area contributed by atoms with E-state index in [1.807, 2.05) is 0 Å². The topological polar surface area (TPSA) is 15.3 Å². The van der Waals surface area contributed by atoms with Gasteiger partial charge in [0.05, 0.1) is 0 Å². The van der Waals surface area contributed by atoms with Crippen molar-refractivity contribution in [1.29, 1.82) is 0 Å². The summed E-state index contributed by atoms with van der Waals surface area (Å²) in [4.78, 5) is 6.23. The van der Waals surface area contributed by atoms with E-state index >= 15 is 0 Å². The zero-order chi connectivity index (χ0) is 10.8. The van der Waals surface area contributed by atoms with Gasteiger partial charge in [0.25, 0.3) is 0 Å². The van der Waals surface area contributed by atoms with Crippen LogP contribution in [0.4, 0.5) is 0 Å². The van der Waals surface area contributed by atoms with Crippen LogP contribution in [-0.4, -0.2) is 33.6 Å². The van der Waals surface area contributed by atoms with E-state index in [0.29, 0.717) is 0 Å². The molecule has 0 aromatic carbocycles. The third-order valence-electron chi connectivity index (χ3n) is 2.90. The van der Waals surface area contributed by atoms with Crippen molar-refractivity contribution >= 4 is 8.96 Å². The third kappa shape index (κ3) is 6.57. The maximum absolute atomic E-state index is 3.77. The quantitative estimate of drug-likeness (QED) is 0.470. The van der Waals surface area contributed by atoms with Gasteiger partial charge in [0, 0.05) is 6.67 Å². The molecule has 3 heteroatoms. The van der Waals surface area contributed by atoms with Crippen LogP contribution in [0.5, 0.6) is 0 Å². The molecule has 0 rings (SSSR count). The number of unbranched alkanes of at least 4 members (excludes halogenated alkanes) is 1. The summed E-state index contributed by atoms with van der Waals surface area (Å²) >= 11 is 0. The smallest absolute Gasteiger partial charge is 0.109 e. The van der Waals surface area contributed by atoms with Crippen LogP contribution < -0.4 is 4.98 Å². The van der Waals surface area contributed by atoms with E-state index in [1.54, 1.807) is 0 Å². The highest BCUT2D eigenvalue weighted by molar-refractivity contribution is 6.55. The molecular weight excluding hydrogens is 188 g/mol. The number of rotatable bonds is 9. The Morgan fingerprint density at radius 2 is 1.71 bits per heavy atom. The van der Waals surface area contributed by atoms with E-state index in [1.165, 1.54) is 38.0 Å². The lowest BCUT2D eigenvalue weighted by Gasteiger charge is -2.22. The van der Waals surface area contributed by atoms with Gasteiger partial charge in [0.15, 0.2) is 0 Å². The van der Waals surface area contributed by atoms with E-state index in [0.717, 1.165) is 6.67 Å². The van der Waals surface area contributed by atoms with Gasteiger partial charge < -0.3 is 4.98 Å². The molecular formula is C11H28N2Si. The third-order valence-corrected chi connectivity index (χ3v) is 5.75. The predicted molar refractivity (Wildman–Crippen MR) is 68.3 cm³/mol. The molecule has 0 bridgehead atoms. The van der Waals surface area contributed by atoms with E-state index in [4.69, 9.17) is 0 Å². The molecule has 0 amide bonds. The molecule has 0 aromatic heterocycles. The summed E-state index contributed by atoms with van der Waals surface area (Å²) in [6, 6.07) is 2.86. The predicted octanol–water partition coefficient (Wildman–Crippen LogP) is 2.42. The Morgan fingerprint density at radius 1 is 1.07 bits per heavy atom. The van der Waals surface area contributed by atoms with Gasteiger partial charge in [0.1, 0.15) is 8.96 Å². The van der Waals surface area contributed by atoms with Crippen molar-refractivity contribution in [2.75, 3.05) is 19.8 Å². The molecule has 0 aliphatic carbocycles. The lowest BCUT2D eigenvalue weighted by Crippen LogP contribution is -2.42. The molecule has 0 saturated heterocycles. The zero-order valence-corrected chi connectivity index (χ0v) is 11.6. The van der Waals surface area contributed by atoms with Gasteiger partial charge in [-0.3, -0.25) is 4.90 Å². The maximum Gasteiger partial charge on any atom is 0.109 e. The van der Waals surface area contributed by atoms with Gasteiger partial charge in [-0.05, 0) is 25.2 Å². The van der Waals surface area contributed by atoms with Gasteiger partial charge in [-0.15, -0.1) is 0 Å². The van der Waals surface area contributed by atoms with Gasteiger partial charge in [0.2, 0.25) is 0 Å². The fourth-order valence-corrected chi connectivity index (χ4v) is 3.92. The van der Waals surface area contributed by atoms with Crippen molar-refractivity contribution in [2.45, 2.75) is 52.6 Å². The number of nitrogens with zero attached hydrogens (tertiary/aromatic N) is 1. The van der Waals surface area contributed by atoms with Crippen molar-refractivity contribution < 1.29 is 0 Å². The SMILES string of the molecule is CCCC[SiH](CC)NCN(CC)CC. The number of nitrogens with one attached hydrogen (secondary N) is 1. The van der Waals surface area contributed by atoms with Crippen molar-refractivity contribution in [1.82, 2.24) is 9.88 Å². The van der Waals surface area contributed by atoms with E-state index in [2.05, 4.69) is 37.6 Å². The first kappa shape index (κ1) is 14.1. The van der Waals surface area contributed by atoms with Crippen LogP contribution in [-0.2, 0) is 0 Å². The molecule has 1 unspecified atom stereocenters. The number of hydrogen-bond acceptors (Lipinski definition) is 2. The average Bonchev–Trinajstić information content (AvgIpc) is 2.23. The lowest BCUT2D eigenvalue weighted by molar-refractivity contribution is 0.299. The van der Waals surface area contributed by atoms with E-state index in [9.17, 15) is 0 Å². The van der Waals surface area contributed by atoms with Crippen LogP contribution in [0.3, 0.4) is 0 Å². The lowest BCUT2D eigenvalue weighted by atomic mass is 10.4. The van der Waals surface area contributed by atoms with Gasteiger partial charge in [-0.1, -0.05) is 40.5 Å². The highest BCUT2D eigenvalue weighted by atomic mass is 28.3. The number of hydrogen-bond donors (Lipinski definition) is 1. The molecule has 14 heavy (non-hydrogen) atoms. The Morgan fingerprint density at radius 3 is 2.14 bits per heavy atom. The zero-order valence-electron chi connectivity index (χ0n) is 10.5. The maximum atomic E-state index is 3.77. The standard InChI is InChI=1S/C11H28N2Si/c1-5-9-10-14(8-4)12-11-13(6-2)7-3/h12,14H,5-11H2,1-4H3. The molecule has 0 aliphatic rings. The Balaban J connectivity index is 3.59. The molecule has 0 aliphatic heterocycles. The van der Waals surface area contributed by atoms with Gasteiger partial charge >= 0.3 is 0 Å². The van der Waals surface area contributed by atoms with Crippen LogP contribution in [0, 0.1) is 0 Å². The molecule has 1 atom stereocenters. The van der Waals surface area contributed by atoms with Crippen LogP contribution in [0.25, 0.3) is 0 Å². The first-order chi connectivity index (χ1) is 6.78. The summed E-state index contributed by atoms with van der Waals surface area (Å²) in [5, 5.41) is 0. The van der Waals surface area contributed by atoms with Crippen LogP contribution in [0.2, 0.25) is 12.1 Å². The van der Waals surface area contributed by atoms with Crippen LogP contribution in [0.15, 0.2) is 0 Å². The second kappa shape index (κ2) is 9.68. The summed E-state index contributed by atoms with van der Waals surface area (Å²) in [5.74, 6) is 0. The largest absolute Gasteiger partial charge is 0.328 e. The summed E-state index contributed by atoms with van der Waals surface area (Å²) in [6.45, 7) is 12.5. The van der Waals surface area contributed by atoms with Gasteiger partial charge in [-0.2, -0.15) is 0 Å². The highest BCUT2D eigenvalue weighted by Gasteiger charge is 2.08. The molecule has 2 nitrogen and oxygen atoms in total. The van der Waals surface area contributed by atoms with Crippen molar-refractivity contribution in [3.63, 3.8) is 0 Å². The first-order valence-electron chi connectivity index (χ1n) is 6.24. The van der Waals surface area contributed by atoms with Crippen molar-refractivity contribution in [2.24, 2.45) is 0 Å². The van der Waals surface area contributed by atoms with Crippen LogP contribution >= 0.6 is 0 Å². The highest BCUT2D eigenvalue weighted by Crippen LogP contribution is 2.02.